The number of hydrogen-bond acceptors (Lipinski definition) is 17. The molecule has 12 rings (SSSR count). The summed E-state index contributed by atoms with van der Waals surface area (Å²) in [5, 5.41) is 11.2. The van der Waals surface area contributed by atoms with Crippen molar-refractivity contribution in [3.8, 4) is 0 Å². The van der Waals surface area contributed by atoms with Gasteiger partial charge in [0.15, 0.2) is 11.6 Å². The molecule has 17 heteroatoms. The van der Waals surface area contributed by atoms with E-state index in [0.717, 1.165) is 69.8 Å². The molecule has 3 N–H and O–H groups in total. The number of hydrogen-bond donors (Lipinski definition) is 2. The first-order valence-corrected chi connectivity index (χ1v) is 29.6. The number of carbonyl (C=O) groups is 1. The van der Waals surface area contributed by atoms with Crippen LogP contribution in [-0.2, 0) is 71.1 Å². The van der Waals surface area contributed by atoms with Crippen molar-refractivity contribution in [1.82, 2.24) is 0 Å². The maximum Gasteiger partial charge on any atom is 0.308 e. The van der Waals surface area contributed by atoms with Gasteiger partial charge in [-0.25, -0.2) is 0 Å². The second-order valence-electron chi connectivity index (χ2n) is 25.2. The van der Waals surface area contributed by atoms with E-state index in [9.17, 15) is 9.90 Å². The zero-order valence-electron chi connectivity index (χ0n) is 45.2. The van der Waals surface area contributed by atoms with Crippen LogP contribution in [0.5, 0.6) is 0 Å². The average Bonchev–Trinajstić information content (AvgIpc) is 4.08. The Morgan fingerprint density at radius 3 is 2.31 bits per heavy atom. The Morgan fingerprint density at radius 2 is 1.47 bits per heavy atom. The predicted molar refractivity (Wildman–Crippen MR) is 270 cm³/mol. The summed E-state index contributed by atoms with van der Waals surface area (Å²) < 4.78 is 92.2. The Morgan fingerprint density at radius 1 is 0.693 bits per heavy atom. The summed E-state index contributed by atoms with van der Waals surface area (Å²) in [5.74, 6) is -1.17. The van der Waals surface area contributed by atoms with Crippen molar-refractivity contribution in [2.45, 2.75) is 301 Å². The van der Waals surface area contributed by atoms with Crippen LogP contribution in [0.15, 0.2) is 24.3 Å². The van der Waals surface area contributed by atoms with Gasteiger partial charge in [-0.15, -0.1) is 0 Å². The van der Waals surface area contributed by atoms with E-state index in [0.29, 0.717) is 83.3 Å². The minimum absolute atomic E-state index is 0.0134. The van der Waals surface area contributed by atoms with Crippen molar-refractivity contribution in [3.63, 3.8) is 0 Å². The lowest BCUT2D eigenvalue weighted by Gasteiger charge is -2.53. The molecule has 0 aromatic rings. The lowest BCUT2D eigenvalue weighted by atomic mass is 9.81. The molecule has 12 heterocycles. The fraction of sp³-hybridized carbons (Fsp3) is 0.914. The van der Waals surface area contributed by atoms with E-state index >= 15 is 0 Å². The molecule has 26 atom stereocenters. The second kappa shape index (κ2) is 22.4. The Balaban J connectivity index is 0.601. The highest BCUT2D eigenvalue weighted by Crippen LogP contribution is 2.51. The zero-order valence-corrected chi connectivity index (χ0v) is 45.2. The van der Waals surface area contributed by atoms with Gasteiger partial charge < -0.3 is 77.2 Å². The molecule has 2 unspecified atom stereocenters. The van der Waals surface area contributed by atoms with E-state index in [-0.39, 0.29) is 134 Å². The lowest BCUT2D eigenvalue weighted by Crippen LogP contribution is -2.60. The molecule has 75 heavy (non-hydrogen) atoms. The molecule has 17 nitrogen and oxygen atoms in total. The number of fused-ring (bicyclic) bond motifs is 10. The number of methoxy groups -OCH3 is 1. The highest BCUT2D eigenvalue weighted by atomic mass is 16.7. The van der Waals surface area contributed by atoms with Crippen molar-refractivity contribution in [2.75, 3.05) is 20.3 Å². The second-order valence-corrected chi connectivity index (χ2v) is 25.2. The van der Waals surface area contributed by atoms with Crippen LogP contribution in [0.4, 0.5) is 0 Å². The molecule has 0 amide bonds. The number of nitrogens with two attached hydrogens (primary N) is 1. The van der Waals surface area contributed by atoms with Gasteiger partial charge in [0.2, 0.25) is 0 Å². The van der Waals surface area contributed by atoms with Crippen molar-refractivity contribution >= 4 is 5.97 Å². The number of carbonyl (C=O) groups excluding carboxylic acids is 1. The maximum atomic E-state index is 13.7. The van der Waals surface area contributed by atoms with E-state index in [4.69, 9.17) is 72.0 Å². The summed E-state index contributed by atoms with van der Waals surface area (Å²) in [6.07, 6.45) is 11.8. The molecule has 0 aromatic carbocycles. The number of ether oxygens (including phenoxy) is 14. The molecule has 12 saturated heterocycles. The molecule has 12 fully saturated rings. The zero-order chi connectivity index (χ0) is 51.8. The van der Waals surface area contributed by atoms with E-state index < -0.39 is 29.9 Å². The van der Waals surface area contributed by atoms with Crippen LogP contribution in [0.1, 0.15) is 156 Å². The standard InChI is InChI=1S/C58H89NO16/c1-7-41-33(5)30(2)18-34(64-41)8-11-42-31(3)19-36(65-42)14-16-58-27-52(62-6)56(75-58)50-25-51(74-58)55-43(70-50)12-9-35(68-55)23-53(61)67-39-22-47-46(63-29-39)24-49-48(71-47)21-38(66-49)20-45-40(60)15-17-57(73-45)26-32(4)54-44(72-57)13-10-37(28-59)69-54/h30,32,34-52,54-56,60H,3,5,7-29,59H2,1-2,4,6H3/t30-,32+,34+,35-,36+,37+,38+,39-,40+,41-,42+,43+,44+,45+,46+,47?,48?,49-,50-,51-,52-,54+,55+,56-,57+,58-/m1/s1. The van der Waals surface area contributed by atoms with Crippen LogP contribution in [0, 0.1) is 11.8 Å². The summed E-state index contributed by atoms with van der Waals surface area (Å²) >= 11 is 0. The van der Waals surface area contributed by atoms with Crippen molar-refractivity contribution < 1.29 is 76.2 Å². The molecule has 0 aliphatic carbocycles. The Bertz CT molecular complexity index is 2030. The molecule has 1 spiro atoms. The maximum absolute atomic E-state index is 13.7. The van der Waals surface area contributed by atoms with Crippen LogP contribution >= 0.6 is 0 Å². The fourth-order valence-electron chi connectivity index (χ4n) is 15.9. The lowest BCUT2D eigenvalue weighted by molar-refractivity contribution is -0.364. The highest BCUT2D eigenvalue weighted by molar-refractivity contribution is 5.70. The summed E-state index contributed by atoms with van der Waals surface area (Å²) in [6, 6.07) is 0. The molecule has 0 saturated carbocycles. The molecular weight excluding hydrogens is 967 g/mol. The molecule has 422 valence electrons. The minimum Gasteiger partial charge on any atom is -0.460 e. The molecular formula is C58H89NO16. The van der Waals surface area contributed by atoms with Gasteiger partial charge in [-0.1, -0.05) is 33.9 Å². The normalized spacial score (nSPS) is 51.4. The molecule has 12 aliphatic heterocycles. The van der Waals surface area contributed by atoms with Gasteiger partial charge in [0.1, 0.15) is 18.3 Å². The fourth-order valence-corrected chi connectivity index (χ4v) is 15.9. The minimum atomic E-state index is -0.861. The van der Waals surface area contributed by atoms with Gasteiger partial charge in [-0.05, 0) is 93.6 Å². The van der Waals surface area contributed by atoms with E-state index in [1.807, 2.05) is 0 Å². The van der Waals surface area contributed by atoms with Gasteiger partial charge >= 0.3 is 5.97 Å². The average molecular weight is 1060 g/mol. The Hall–Kier alpha value is -1.65. The van der Waals surface area contributed by atoms with Crippen LogP contribution in [0.2, 0.25) is 0 Å². The van der Waals surface area contributed by atoms with Crippen LogP contribution in [0.25, 0.3) is 0 Å². The number of rotatable bonds is 14. The van der Waals surface area contributed by atoms with E-state index in [1.165, 1.54) is 5.57 Å². The van der Waals surface area contributed by atoms with Crippen LogP contribution in [-0.4, -0.2) is 177 Å². The largest absolute Gasteiger partial charge is 0.460 e. The van der Waals surface area contributed by atoms with Gasteiger partial charge in [-0.3, -0.25) is 4.79 Å². The Labute approximate surface area is 444 Å². The monoisotopic (exact) mass is 1060 g/mol. The van der Waals surface area contributed by atoms with Crippen molar-refractivity contribution in [2.24, 2.45) is 17.6 Å². The third-order valence-electron chi connectivity index (χ3n) is 19.8. The first kappa shape index (κ1) is 54.0. The Kier molecular flexibility index (Phi) is 16.1. The number of aliphatic hydroxyl groups excluding tert-OH is 1. The quantitative estimate of drug-likeness (QED) is 0.140. The number of aliphatic hydroxyl groups is 1. The van der Waals surface area contributed by atoms with Crippen LogP contribution < -0.4 is 5.73 Å². The van der Waals surface area contributed by atoms with Gasteiger partial charge in [-0.2, -0.15) is 0 Å². The van der Waals surface area contributed by atoms with E-state index in [2.05, 4.69) is 33.9 Å². The highest BCUT2D eigenvalue weighted by Gasteiger charge is 2.61. The summed E-state index contributed by atoms with van der Waals surface area (Å²) in [6.45, 7) is 16.2. The number of esters is 1. The summed E-state index contributed by atoms with van der Waals surface area (Å²) in [7, 11) is 1.75. The molecule has 4 bridgehead atoms. The van der Waals surface area contributed by atoms with Gasteiger partial charge in [0.05, 0.1) is 129 Å². The predicted octanol–water partition coefficient (Wildman–Crippen LogP) is 6.59. The third kappa shape index (κ3) is 11.3. The molecule has 0 aromatic heterocycles. The van der Waals surface area contributed by atoms with Crippen LogP contribution in [0.3, 0.4) is 0 Å². The topological polar surface area (TPSA) is 193 Å². The molecule has 12 aliphatic rings. The SMILES string of the molecule is C=C1C[C@H](CC[C@]23C[C@@H](OC)[C@H](O2)[C@H]2C[C@@H](O3)[C@H]3O[C@@H](CC(=O)O[C@H]4CO[C@H]5C[C@H]6O[C@@H](C[C@@H]7O[C@@]8(CC[C@@H]7O)C[C@H](C)[C@@H]7O[C@H](CN)CC[C@@H]7O8)CC6OC5C4)CC[C@@H]3O2)O[C@H]1CC[C@H]1C[C@@H](C)C(=C)[C@@H](CC)O1. The van der Waals surface area contributed by atoms with E-state index in [1.54, 1.807) is 7.11 Å². The first-order valence-electron chi connectivity index (χ1n) is 29.6. The first-order chi connectivity index (χ1) is 36.2. The summed E-state index contributed by atoms with van der Waals surface area (Å²) in [5.41, 5.74) is 8.32. The summed E-state index contributed by atoms with van der Waals surface area (Å²) in [4.78, 5) is 13.7. The smallest absolute Gasteiger partial charge is 0.308 e. The van der Waals surface area contributed by atoms with Crippen molar-refractivity contribution in [3.05, 3.63) is 24.3 Å². The van der Waals surface area contributed by atoms with Gasteiger partial charge in [0.25, 0.3) is 0 Å². The molecule has 0 radical (unpaired) electrons. The van der Waals surface area contributed by atoms with Gasteiger partial charge in [0, 0.05) is 71.4 Å². The third-order valence-corrected chi connectivity index (χ3v) is 19.8. The van der Waals surface area contributed by atoms with Crippen molar-refractivity contribution in [1.29, 1.82) is 0 Å².